The summed E-state index contributed by atoms with van der Waals surface area (Å²) in [5.41, 5.74) is 6.09. The van der Waals surface area contributed by atoms with Crippen LogP contribution in [0.1, 0.15) is 27.0 Å². The second kappa shape index (κ2) is 9.76. The van der Waals surface area contributed by atoms with Crippen molar-refractivity contribution in [1.82, 2.24) is 5.43 Å². The Morgan fingerprint density at radius 2 is 1.61 bits per heavy atom. The highest BCUT2D eigenvalue weighted by molar-refractivity contribution is 7.92. The average Bonchev–Trinajstić information content (AvgIpc) is 2.74. The van der Waals surface area contributed by atoms with E-state index in [2.05, 4.69) is 10.5 Å². The van der Waals surface area contributed by atoms with Gasteiger partial charge in [0.2, 0.25) is 10.0 Å². The fourth-order valence-corrected chi connectivity index (χ4v) is 3.83. The van der Waals surface area contributed by atoms with Crippen molar-refractivity contribution in [2.75, 3.05) is 10.6 Å². The number of hydrogen-bond donors (Lipinski definition) is 1. The summed E-state index contributed by atoms with van der Waals surface area (Å²) in [5, 5.41) is 4.54. The molecule has 0 saturated heterocycles. The van der Waals surface area contributed by atoms with E-state index < -0.39 is 15.9 Å². The molecule has 0 aliphatic heterocycles. The van der Waals surface area contributed by atoms with Gasteiger partial charge in [0, 0.05) is 10.6 Å². The Morgan fingerprint density at radius 1 is 1.00 bits per heavy atom. The zero-order valence-corrected chi connectivity index (χ0v) is 18.7. The Balaban J connectivity index is 1.70. The van der Waals surface area contributed by atoms with E-state index in [0.29, 0.717) is 16.3 Å². The molecule has 3 aromatic rings. The number of nitrogens with zero attached hydrogens (tertiary/aromatic N) is 2. The molecule has 0 bridgehead atoms. The van der Waals surface area contributed by atoms with Gasteiger partial charge in [-0.2, -0.15) is 5.10 Å². The van der Waals surface area contributed by atoms with Crippen molar-refractivity contribution in [3.05, 3.63) is 100 Å². The molecule has 6 nitrogen and oxygen atoms in total. The molecule has 0 unspecified atom stereocenters. The fourth-order valence-electron chi connectivity index (χ4n) is 2.82. The molecule has 1 amide bonds. The average molecular weight is 456 g/mol. The van der Waals surface area contributed by atoms with Crippen molar-refractivity contribution in [1.29, 1.82) is 0 Å². The van der Waals surface area contributed by atoms with Crippen LogP contribution in [0.2, 0.25) is 5.02 Å². The van der Waals surface area contributed by atoms with E-state index >= 15 is 0 Å². The van der Waals surface area contributed by atoms with Crippen molar-refractivity contribution in [3.63, 3.8) is 0 Å². The Labute approximate surface area is 187 Å². The molecule has 8 heteroatoms. The van der Waals surface area contributed by atoms with Gasteiger partial charge in [-0.1, -0.05) is 53.6 Å². The lowest BCUT2D eigenvalue weighted by Crippen LogP contribution is -2.29. The van der Waals surface area contributed by atoms with Gasteiger partial charge in [0.25, 0.3) is 5.91 Å². The number of sulfonamides is 1. The van der Waals surface area contributed by atoms with Gasteiger partial charge in [-0.25, -0.2) is 13.8 Å². The van der Waals surface area contributed by atoms with Crippen LogP contribution in [-0.4, -0.2) is 26.8 Å². The van der Waals surface area contributed by atoms with Crippen molar-refractivity contribution in [3.8, 4) is 0 Å². The van der Waals surface area contributed by atoms with Gasteiger partial charge >= 0.3 is 0 Å². The molecule has 0 saturated carbocycles. The third kappa shape index (κ3) is 6.41. The van der Waals surface area contributed by atoms with Gasteiger partial charge < -0.3 is 0 Å². The first kappa shape index (κ1) is 22.5. The summed E-state index contributed by atoms with van der Waals surface area (Å²) in [6, 6.07) is 21.0. The summed E-state index contributed by atoms with van der Waals surface area (Å²) in [5.74, 6) is -0.390. The second-order valence-corrected chi connectivity index (χ2v) is 9.40. The van der Waals surface area contributed by atoms with Crippen LogP contribution in [-0.2, 0) is 16.6 Å². The lowest BCUT2D eigenvalue weighted by Gasteiger charge is -2.22. The Hall–Kier alpha value is -3.16. The molecule has 0 atom stereocenters. The predicted molar refractivity (Wildman–Crippen MR) is 125 cm³/mol. The molecule has 0 aliphatic rings. The summed E-state index contributed by atoms with van der Waals surface area (Å²) in [6.45, 7) is 2.15. The molecule has 0 aliphatic carbocycles. The number of rotatable bonds is 7. The minimum atomic E-state index is -3.53. The largest absolute Gasteiger partial charge is 0.271 e. The summed E-state index contributed by atoms with van der Waals surface area (Å²) in [4.78, 5) is 12.3. The predicted octanol–water partition coefficient (Wildman–Crippen LogP) is 4.38. The smallest absolute Gasteiger partial charge is 0.267 e. The first-order valence-electron chi connectivity index (χ1n) is 9.45. The molecule has 0 aromatic heterocycles. The Kier molecular flexibility index (Phi) is 7.09. The van der Waals surface area contributed by atoms with Crippen molar-refractivity contribution in [2.45, 2.75) is 13.5 Å². The quantitative estimate of drug-likeness (QED) is 0.424. The maximum Gasteiger partial charge on any atom is 0.271 e. The van der Waals surface area contributed by atoms with Gasteiger partial charge in [-0.15, -0.1) is 0 Å². The van der Waals surface area contributed by atoms with Crippen LogP contribution in [0.4, 0.5) is 5.69 Å². The van der Waals surface area contributed by atoms with Crippen LogP contribution in [0.5, 0.6) is 0 Å². The van der Waals surface area contributed by atoms with Gasteiger partial charge in [0.05, 0.1) is 24.7 Å². The standard InChI is InChI=1S/C23H22ClN3O3S/c1-17-3-5-18(6-4-17)15-25-26-23(28)20-9-13-22(14-10-20)27(31(2,29)30)16-19-7-11-21(24)12-8-19/h3-15H,16H2,1-2H3,(H,26,28)/b25-15-. The summed E-state index contributed by atoms with van der Waals surface area (Å²) in [7, 11) is -3.53. The SMILES string of the molecule is Cc1ccc(/C=N\NC(=O)c2ccc(N(Cc3ccc(Cl)cc3)S(C)(=O)=O)cc2)cc1. The lowest BCUT2D eigenvalue weighted by molar-refractivity contribution is 0.0955. The number of amides is 1. The molecule has 3 rings (SSSR count). The topological polar surface area (TPSA) is 78.8 Å². The van der Waals surface area contributed by atoms with Crippen molar-refractivity contribution in [2.24, 2.45) is 5.10 Å². The number of halogens is 1. The van der Waals surface area contributed by atoms with E-state index in [9.17, 15) is 13.2 Å². The van der Waals surface area contributed by atoms with Gasteiger partial charge in [-0.3, -0.25) is 9.10 Å². The highest BCUT2D eigenvalue weighted by Crippen LogP contribution is 2.22. The lowest BCUT2D eigenvalue weighted by atomic mass is 10.2. The number of anilines is 1. The number of benzene rings is 3. The first-order valence-corrected chi connectivity index (χ1v) is 11.7. The molecular formula is C23H22ClN3O3S. The van der Waals surface area contributed by atoms with Crippen LogP contribution < -0.4 is 9.73 Å². The van der Waals surface area contributed by atoms with E-state index in [0.717, 1.165) is 22.9 Å². The maximum atomic E-state index is 12.3. The highest BCUT2D eigenvalue weighted by atomic mass is 35.5. The molecule has 3 aromatic carbocycles. The van der Waals surface area contributed by atoms with E-state index in [1.54, 1.807) is 54.7 Å². The van der Waals surface area contributed by atoms with Gasteiger partial charge in [0.15, 0.2) is 0 Å². The molecule has 1 N–H and O–H groups in total. The third-order valence-corrected chi connectivity index (χ3v) is 5.91. The van der Waals surface area contributed by atoms with E-state index in [4.69, 9.17) is 11.6 Å². The summed E-state index contributed by atoms with van der Waals surface area (Å²) < 4.78 is 25.9. The van der Waals surface area contributed by atoms with Crippen LogP contribution in [0, 0.1) is 6.92 Å². The van der Waals surface area contributed by atoms with Crippen LogP contribution in [0.25, 0.3) is 0 Å². The molecular weight excluding hydrogens is 434 g/mol. The van der Waals surface area contributed by atoms with Crippen LogP contribution in [0.3, 0.4) is 0 Å². The van der Waals surface area contributed by atoms with E-state index in [-0.39, 0.29) is 6.54 Å². The number of carbonyl (C=O) groups excluding carboxylic acids is 1. The first-order chi connectivity index (χ1) is 14.7. The Morgan fingerprint density at radius 3 is 2.19 bits per heavy atom. The van der Waals surface area contributed by atoms with Crippen molar-refractivity contribution >= 4 is 39.4 Å². The molecule has 160 valence electrons. The molecule has 0 fully saturated rings. The molecule has 0 heterocycles. The normalized spacial score (nSPS) is 11.5. The van der Waals surface area contributed by atoms with E-state index in [1.807, 2.05) is 31.2 Å². The number of carbonyl (C=O) groups is 1. The number of nitrogens with one attached hydrogen (secondary N) is 1. The maximum absolute atomic E-state index is 12.3. The molecule has 31 heavy (non-hydrogen) atoms. The van der Waals surface area contributed by atoms with Gasteiger partial charge in [-0.05, 0) is 54.4 Å². The number of hydrazone groups is 1. The zero-order valence-electron chi connectivity index (χ0n) is 17.1. The number of hydrogen-bond acceptors (Lipinski definition) is 4. The Bertz CT molecular complexity index is 1170. The van der Waals surface area contributed by atoms with Crippen LogP contribution >= 0.6 is 11.6 Å². The third-order valence-electron chi connectivity index (χ3n) is 4.51. The molecule has 0 radical (unpaired) electrons. The number of aryl methyl sites for hydroxylation is 1. The highest BCUT2D eigenvalue weighted by Gasteiger charge is 2.18. The summed E-state index contributed by atoms with van der Waals surface area (Å²) in [6.07, 6.45) is 2.70. The zero-order chi connectivity index (χ0) is 22.4. The summed E-state index contributed by atoms with van der Waals surface area (Å²) >= 11 is 5.90. The van der Waals surface area contributed by atoms with Crippen LogP contribution in [0.15, 0.2) is 77.9 Å². The fraction of sp³-hybridized carbons (Fsp3) is 0.130. The monoisotopic (exact) mass is 455 g/mol. The molecule has 0 spiro atoms. The van der Waals surface area contributed by atoms with E-state index in [1.165, 1.54) is 4.31 Å². The second-order valence-electron chi connectivity index (χ2n) is 7.05. The van der Waals surface area contributed by atoms with Crippen molar-refractivity contribution < 1.29 is 13.2 Å². The minimum Gasteiger partial charge on any atom is -0.267 e. The minimum absolute atomic E-state index is 0.155. The van der Waals surface area contributed by atoms with Gasteiger partial charge in [0.1, 0.15) is 0 Å².